The fraction of sp³-hybridized carbons (Fsp3) is 0.111. The van der Waals surface area contributed by atoms with Crippen molar-refractivity contribution < 1.29 is 4.52 Å². The maximum atomic E-state index is 5.35. The summed E-state index contributed by atoms with van der Waals surface area (Å²) >= 11 is 0. The molecule has 2 aromatic heterocycles. The molecule has 0 saturated carbocycles. The highest BCUT2D eigenvalue weighted by molar-refractivity contribution is 5.58. The first-order valence-corrected chi connectivity index (χ1v) is 7.65. The van der Waals surface area contributed by atoms with Crippen molar-refractivity contribution in [3.63, 3.8) is 0 Å². The Bertz CT molecular complexity index is 944. The maximum absolute atomic E-state index is 5.35. The van der Waals surface area contributed by atoms with Crippen LogP contribution in [-0.2, 0) is 6.54 Å². The number of hydrogen-bond acceptors (Lipinski definition) is 5. The first-order valence-electron chi connectivity index (χ1n) is 7.65. The lowest BCUT2D eigenvalue weighted by atomic mass is 10.2. The van der Waals surface area contributed by atoms with Gasteiger partial charge in [-0.05, 0) is 24.6 Å². The van der Waals surface area contributed by atoms with E-state index in [1.165, 1.54) is 0 Å². The molecule has 24 heavy (non-hydrogen) atoms. The minimum absolute atomic E-state index is 0.450. The molecule has 6 heteroatoms. The summed E-state index contributed by atoms with van der Waals surface area (Å²) in [5.74, 6) is 0.924. The minimum atomic E-state index is 0.450. The van der Waals surface area contributed by atoms with E-state index >= 15 is 0 Å². The molecule has 0 N–H and O–H groups in total. The molecule has 2 heterocycles. The number of benzene rings is 2. The Labute approximate surface area is 138 Å². The first-order chi connectivity index (χ1) is 11.8. The van der Waals surface area contributed by atoms with Gasteiger partial charge in [-0.2, -0.15) is 4.98 Å². The van der Waals surface area contributed by atoms with Crippen molar-refractivity contribution in [1.82, 2.24) is 25.1 Å². The third kappa shape index (κ3) is 2.69. The van der Waals surface area contributed by atoms with Gasteiger partial charge in [0.05, 0.1) is 12.2 Å². The monoisotopic (exact) mass is 317 g/mol. The topological polar surface area (TPSA) is 69.6 Å². The summed E-state index contributed by atoms with van der Waals surface area (Å²) in [6.07, 6.45) is 0. The standard InChI is InChI=1S/C18H15N5O/c1-13-16(20-22-23(13)12-14-8-4-2-5-9-14)17-19-18(24-21-17)15-10-6-3-7-11-15/h2-11H,12H2,1H3. The van der Waals surface area contributed by atoms with Gasteiger partial charge < -0.3 is 4.52 Å². The highest BCUT2D eigenvalue weighted by Crippen LogP contribution is 2.22. The van der Waals surface area contributed by atoms with Crippen molar-refractivity contribution in [2.24, 2.45) is 0 Å². The first kappa shape index (κ1) is 14.3. The fourth-order valence-electron chi connectivity index (χ4n) is 2.49. The smallest absolute Gasteiger partial charge is 0.258 e. The molecule has 4 rings (SSSR count). The quantitative estimate of drug-likeness (QED) is 0.577. The van der Waals surface area contributed by atoms with Gasteiger partial charge in [-0.25, -0.2) is 4.68 Å². The largest absolute Gasteiger partial charge is 0.334 e. The average molecular weight is 317 g/mol. The van der Waals surface area contributed by atoms with Gasteiger partial charge in [0, 0.05) is 5.56 Å². The van der Waals surface area contributed by atoms with Gasteiger partial charge in [0.25, 0.3) is 5.89 Å². The van der Waals surface area contributed by atoms with E-state index < -0.39 is 0 Å². The van der Waals surface area contributed by atoms with Crippen LogP contribution in [0.2, 0.25) is 0 Å². The SMILES string of the molecule is Cc1c(-c2noc(-c3ccccc3)n2)nnn1Cc1ccccc1. The number of nitrogens with zero attached hydrogens (tertiary/aromatic N) is 5. The molecular weight excluding hydrogens is 302 g/mol. The lowest BCUT2D eigenvalue weighted by Crippen LogP contribution is -2.03. The normalized spacial score (nSPS) is 10.9. The van der Waals surface area contributed by atoms with Crippen molar-refractivity contribution in [3.05, 3.63) is 71.9 Å². The van der Waals surface area contributed by atoms with Crippen LogP contribution in [0.4, 0.5) is 0 Å². The summed E-state index contributed by atoms with van der Waals surface area (Å²) in [4.78, 5) is 4.44. The Balaban J connectivity index is 1.63. The molecule has 0 fully saturated rings. The van der Waals surface area contributed by atoms with Crippen molar-refractivity contribution >= 4 is 0 Å². The number of rotatable bonds is 4. The van der Waals surface area contributed by atoms with Crippen LogP contribution in [0, 0.1) is 6.92 Å². The highest BCUT2D eigenvalue weighted by Gasteiger charge is 2.17. The summed E-state index contributed by atoms with van der Waals surface area (Å²) in [7, 11) is 0. The molecule has 0 saturated heterocycles. The molecule has 4 aromatic rings. The van der Waals surface area contributed by atoms with Gasteiger partial charge >= 0.3 is 0 Å². The molecule has 2 aromatic carbocycles. The zero-order valence-corrected chi connectivity index (χ0v) is 13.1. The Morgan fingerprint density at radius 3 is 2.42 bits per heavy atom. The minimum Gasteiger partial charge on any atom is -0.334 e. The van der Waals surface area contributed by atoms with Gasteiger partial charge in [0.15, 0.2) is 5.69 Å². The molecule has 0 atom stereocenters. The molecule has 0 aliphatic heterocycles. The van der Waals surface area contributed by atoms with E-state index in [4.69, 9.17) is 4.52 Å². The molecule has 6 nitrogen and oxygen atoms in total. The molecule has 0 amide bonds. The Hall–Kier alpha value is -3.28. The maximum Gasteiger partial charge on any atom is 0.258 e. The average Bonchev–Trinajstić information content (AvgIpc) is 3.24. The lowest BCUT2D eigenvalue weighted by Gasteiger charge is -2.02. The van der Waals surface area contributed by atoms with Gasteiger partial charge in [0.1, 0.15) is 0 Å². The van der Waals surface area contributed by atoms with E-state index in [2.05, 4.69) is 32.6 Å². The molecule has 118 valence electrons. The van der Waals surface area contributed by atoms with E-state index in [9.17, 15) is 0 Å². The Morgan fingerprint density at radius 1 is 0.958 bits per heavy atom. The fourth-order valence-corrected chi connectivity index (χ4v) is 2.49. The van der Waals surface area contributed by atoms with Crippen LogP contribution >= 0.6 is 0 Å². The van der Waals surface area contributed by atoms with Gasteiger partial charge in [0.2, 0.25) is 5.82 Å². The second-order valence-corrected chi connectivity index (χ2v) is 5.46. The molecule has 0 radical (unpaired) electrons. The zero-order chi connectivity index (χ0) is 16.4. The number of aromatic nitrogens is 5. The van der Waals surface area contributed by atoms with E-state index in [1.807, 2.05) is 60.1 Å². The van der Waals surface area contributed by atoms with Crippen LogP contribution in [0.25, 0.3) is 23.0 Å². The van der Waals surface area contributed by atoms with Gasteiger partial charge in [-0.3, -0.25) is 0 Å². The molecule has 0 bridgehead atoms. The number of hydrogen-bond donors (Lipinski definition) is 0. The zero-order valence-electron chi connectivity index (χ0n) is 13.1. The second-order valence-electron chi connectivity index (χ2n) is 5.46. The second kappa shape index (κ2) is 6.08. The lowest BCUT2D eigenvalue weighted by molar-refractivity contribution is 0.432. The molecule has 0 aliphatic rings. The van der Waals surface area contributed by atoms with Gasteiger partial charge in [-0.1, -0.05) is 58.9 Å². The van der Waals surface area contributed by atoms with Crippen LogP contribution in [0.15, 0.2) is 65.2 Å². The van der Waals surface area contributed by atoms with Crippen LogP contribution in [-0.4, -0.2) is 25.1 Å². The van der Waals surface area contributed by atoms with Crippen LogP contribution in [0.3, 0.4) is 0 Å². The van der Waals surface area contributed by atoms with E-state index in [1.54, 1.807) is 0 Å². The highest BCUT2D eigenvalue weighted by atomic mass is 16.5. The summed E-state index contributed by atoms with van der Waals surface area (Å²) in [5.41, 5.74) is 3.58. The van der Waals surface area contributed by atoms with Gasteiger partial charge in [-0.15, -0.1) is 5.10 Å². The van der Waals surface area contributed by atoms with Crippen LogP contribution < -0.4 is 0 Å². The summed E-state index contributed by atoms with van der Waals surface area (Å²) in [6.45, 7) is 2.61. The predicted molar refractivity (Wildman–Crippen MR) is 89.0 cm³/mol. The molecule has 0 unspecified atom stereocenters. The summed E-state index contributed by atoms with van der Waals surface area (Å²) < 4.78 is 7.19. The van der Waals surface area contributed by atoms with Crippen LogP contribution in [0.1, 0.15) is 11.3 Å². The van der Waals surface area contributed by atoms with E-state index in [0.717, 1.165) is 16.8 Å². The predicted octanol–water partition coefficient (Wildman–Crippen LogP) is 3.35. The summed E-state index contributed by atoms with van der Waals surface area (Å²) in [5, 5.41) is 12.5. The van der Waals surface area contributed by atoms with Crippen molar-refractivity contribution in [1.29, 1.82) is 0 Å². The molecular formula is C18H15N5O. The van der Waals surface area contributed by atoms with E-state index in [0.29, 0.717) is 24.0 Å². The third-order valence-electron chi connectivity index (χ3n) is 3.82. The van der Waals surface area contributed by atoms with Crippen molar-refractivity contribution in [3.8, 4) is 23.0 Å². The Kier molecular flexibility index (Phi) is 3.63. The van der Waals surface area contributed by atoms with Crippen molar-refractivity contribution in [2.45, 2.75) is 13.5 Å². The van der Waals surface area contributed by atoms with Crippen molar-refractivity contribution in [2.75, 3.05) is 0 Å². The van der Waals surface area contributed by atoms with Crippen LogP contribution in [0.5, 0.6) is 0 Å². The third-order valence-corrected chi connectivity index (χ3v) is 3.82. The van der Waals surface area contributed by atoms with E-state index in [-0.39, 0.29) is 0 Å². The Morgan fingerprint density at radius 2 is 1.67 bits per heavy atom. The summed E-state index contributed by atoms with van der Waals surface area (Å²) in [6, 6.07) is 19.8. The molecule has 0 spiro atoms. The molecule has 0 aliphatic carbocycles.